The number of hydrogen-bond donors (Lipinski definition) is 0. The Hall–Kier alpha value is -1.76. The first kappa shape index (κ1) is 14.2. The molecule has 0 N–H and O–H groups in total. The molecule has 0 aromatic carbocycles. The average Bonchev–Trinajstić information content (AvgIpc) is 3.11. The molecule has 0 amide bonds. The highest BCUT2D eigenvalue weighted by Gasteiger charge is 2.30. The van der Waals surface area contributed by atoms with Gasteiger partial charge >= 0.3 is 0 Å². The van der Waals surface area contributed by atoms with Crippen molar-refractivity contribution in [1.29, 1.82) is 0 Å². The first-order valence-electron chi connectivity index (χ1n) is 7.47. The molecule has 1 aliphatic rings. The second kappa shape index (κ2) is 5.93. The van der Waals surface area contributed by atoms with Gasteiger partial charge in [-0.15, -0.1) is 0 Å². The Morgan fingerprint density at radius 3 is 2.81 bits per heavy atom. The van der Waals surface area contributed by atoms with Crippen molar-refractivity contribution >= 4 is 0 Å². The molecule has 0 bridgehead atoms. The molecule has 114 valence electrons. The van der Waals surface area contributed by atoms with E-state index in [0.717, 1.165) is 37.5 Å². The third kappa shape index (κ3) is 3.29. The molecule has 0 radical (unpaired) electrons. The standard InChI is InChI=1S/C14H21N5O2/c1-9(2)7-13-16-12(17-21-13)8-19-6-4-5-11(19)14-15-10(3)20-18-14/h9,11H,4-8H2,1-3H3. The molecule has 7 heteroatoms. The summed E-state index contributed by atoms with van der Waals surface area (Å²) in [6.07, 6.45) is 2.98. The Bertz CT molecular complexity index is 592. The van der Waals surface area contributed by atoms with Crippen LogP contribution >= 0.6 is 0 Å². The van der Waals surface area contributed by atoms with Gasteiger partial charge in [0.15, 0.2) is 11.6 Å². The Balaban J connectivity index is 1.67. The molecule has 1 atom stereocenters. The monoisotopic (exact) mass is 291 g/mol. The van der Waals surface area contributed by atoms with Gasteiger partial charge in [-0.25, -0.2) is 0 Å². The zero-order valence-corrected chi connectivity index (χ0v) is 12.7. The van der Waals surface area contributed by atoms with Crippen molar-refractivity contribution in [2.45, 2.75) is 52.6 Å². The van der Waals surface area contributed by atoms with E-state index in [-0.39, 0.29) is 6.04 Å². The number of likely N-dealkylation sites (tertiary alicyclic amines) is 1. The molecule has 0 spiro atoms. The molecule has 0 saturated carbocycles. The summed E-state index contributed by atoms with van der Waals surface area (Å²) in [4.78, 5) is 11.1. The molecule has 21 heavy (non-hydrogen) atoms. The number of hydrogen-bond acceptors (Lipinski definition) is 7. The SMILES string of the molecule is Cc1nc(C2CCCN2Cc2noc(CC(C)C)n2)no1. The van der Waals surface area contributed by atoms with Crippen LogP contribution in [0, 0.1) is 12.8 Å². The van der Waals surface area contributed by atoms with Gasteiger partial charge in [0.2, 0.25) is 11.8 Å². The van der Waals surface area contributed by atoms with Crippen LogP contribution in [0.2, 0.25) is 0 Å². The van der Waals surface area contributed by atoms with Crippen LogP contribution < -0.4 is 0 Å². The molecule has 3 heterocycles. The maximum atomic E-state index is 5.29. The summed E-state index contributed by atoms with van der Waals surface area (Å²) in [5.74, 6) is 3.33. The summed E-state index contributed by atoms with van der Waals surface area (Å²) in [7, 11) is 0. The van der Waals surface area contributed by atoms with Crippen LogP contribution in [0.3, 0.4) is 0 Å². The van der Waals surface area contributed by atoms with E-state index in [1.165, 1.54) is 0 Å². The minimum absolute atomic E-state index is 0.189. The highest BCUT2D eigenvalue weighted by Crippen LogP contribution is 2.31. The molecule has 1 fully saturated rings. The van der Waals surface area contributed by atoms with Crippen LogP contribution in [-0.2, 0) is 13.0 Å². The van der Waals surface area contributed by atoms with Crippen molar-refractivity contribution < 1.29 is 9.05 Å². The fraction of sp³-hybridized carbons (Fsp3) is 0.714. The second-order valence-electron chi connectivity index (χ2n) is 6.00. The fourth-order valence-electron chi connectivity index (χ4n) is 2.73. The van der Waals surface area contributed by atoms with E-state index >= 15 is 0 Å². The van der Waals surface area contributed by atoms with E-state index in [0.29, 0.717) is 24.2 Å². The lowest BCUT2D eigenvalue weighted by atomic mass is 10.1. The van der Waals surface area contributed by atoms with Crippen LogP contribution in [0.15, 0.2) is 9.05 Å². The van der Waals surface area contributed by atoms with Crippen molar-refractivity contribution in [3.8, 4) is 0 Å². The minimum atomic E-state index is 0.189. The normalized spacial score (nSPS) is 19.7. The van der Waals surface area contributed by atoms with Gasteiger partial charge in [0.05, 0.1) is 12.6 Å². The largest absolute Gasteiger partial charge is 0.340 e. The minimum Gasteiger partial charge on any atom is -0.340 e. The van der Waals surface area contributed by atoms with Crippen LogP contribution in [0.25, 0.3) is 0 Å². The number of nitrogens with zero attached hydrogens (tertiary/aromatic N) is 5. The van der Waals surface area contributed by atoms with Crippen molar-refractivity contribution in [2.75, 3.05) is 6.54 Å². The molecule has 1 saturated heterocycles. The second-order valence-corrected chi connectivity index (χ2v) is 6.00. The smallest absolute Gasteiger partial charge is 0.226 e. The number of rotatable bonds is 5. The summed E-state index contributed by atoms with van der Waals surface area (Å²) in [5.41, 5.74) is 0. The molecule has 1 unspecified atom stereocenters. The van der Waals surface area contributed by atoms with E-state index in [2.05, 4.69) is 39.0 Å². The quantitative estimate of drug-likeness (QED) is 0.836. The van der Waals surface area contributed by atoms with E-state index < -0.39 is 0 Å². The highest BCUT2D eigenvalue weighted by molar-refractivity contribution is 4.99. The van der Waals surface area contributed by atoms with Gasteiger partial charge < -0.3 is 9.05 Å². The first-order chi connectivity index (χ1) is 10.1. The Kier molecular flexibility index (Phi) is 4.01. The van der Waals surface area contributed by atoms with Crippen LogP contribution in [0.4, 0.5) is 0 Å². The molecular weight excluding hydrogens is 270 g/mol. The van der Waals surface area contributed by atoms with Gasteiger partial charge in [0.25, 0.3) is 0 Å². The third-order valence-electron chi connectivity index (χ3n) is 3.64. The number of aromatic nitrogens is 4. The summed E-state index contributed by atoms with van der Waals surface area (Å²) in [5, 5.41) is 8.12. The molecule has 2 aromatic heterocycles. The molecule has 2 aromatic rings. The summed E-state index contributed by atoms with van der Waals surface area (Å²) in [6, 6.07) is 0.189. The molecule has 3 rings (SSSR count). The van der Waals surface area contributed by atoms with Gasteiger partial charge in [-0.05, 0) is 25.3 Å². The van der Waals surface area contributed by atoms with Crippen molar-refractivity contribution in [3.05, 3.63) is 23.4 Å². The Labute approximate surface area is 123 Å². The van der Waals surface area contributed by atoms with Gasteiger partial charge in [0, 0.05) is 13.3 Å². The topological polar surface area (TPSA) is 81.1 Å². The molecular formula is C14H21N5O2. The van der Waals surface area contributed by atoms with E-state index in [1.807, 2.05) is 6.92 Å². The lowest BCUT2D eigenvalue weighted by Crippen LogP contribution is -2.24. The van der Waals surface area contributed by atoms with Crippen LogP contribution in [0.1, 0.15) is 56.2 Å². The Morgan fingerprint density at radius 2 is 2.10 bits per heavy atom. The predicted molar refractivity (Wildman–Crippen MR) is 74.3 cm³/mol. The zero-order valence-electron chi connectivity index (χ0n) is 12.7. The first-order valence-corrected chi connectivity index (χ1v) is 7.47. The van der Waals surface area contributed by atoms with Crippen LogP contribution in [0.5, 0.6) is 0 Å². The molecule has 7 nitrogen and oxygen atoms in total. The van der Waals surface area contributed by atoms with Crippen molar-refractivity contribution in [1.82, 2.24) is 25.2 Å². The van der Waals surface area contributed by atoms with Gasteiger partial charge in [0.1, 0.15) is 0 Å². The summed E-state index contributed by atoms with van der Waals surface area (Å²) in [6.45, 7) is 7.75. The summed E-state index contributed by atoms with van der Waals surface area (Å²) < 4.78 is 10.4. The summed E-state index contributed by atoms with van der Waals surface area (Å²) >= 11 is 0. The van der Waals surface area contributed by atoms with Gasteiger partial charge in [-0.3, -0.25) is 4.90 Å². The van der Waals surface area contributed by atoms with Crippen molar-refractivity contribution in [3.63, 3.8) is 0 Å². The zero-order chi connectivity index (χ0) is 14.8. The highest BCUT2D eigenvalue weighted by atomic mass is 16.5. The predicted octanol–water partition coefficient (Wildman–Crippen LogP) is 2.30. The van der Waals surface area contributed by atoms with Gasteiger partial charge in [-0.1, -0.05) is 24.2 Å². The molecule has 0 aliphatic carbocycles. The molecule has 1 aliphatic heterocycles. The third-order valence-corrected chi connectivity index (χ3v) is 3.64. The lowest BCUT2D eigenvalue weighted by molar-refractivity contribution is 0.225. The van der Waals surface area contributed by atoms with E-state index in [9.17, 15) is 0 Å². The maximum absolute atomic E-state index is 5.29. The van der Waals surface area contributed by atoms with Crippen molar-refractivity contribution in [2.24, 2.45) is 5.92 Å². The van der Waals surface area contributed by atoms with E-state index in [1.54, 1.807) is 0 Å². The lowest BCUT2D eigenvalue weighted by Gasteiger charge is -2.19. The fourth-order valence-corrected chi connectivity index (χ4v) is 2.73. The Morgan fingerprint density at radius 1 is 1.24 bits per heavy atom. The van der Waals surface area contributed by atoms with E-state index in [4.69, 9.17) is 9.05 Å². The average molecular weight is 291 g/mol. The van der Waals surface area contributed by atoms with Crippen LogP contribution in [-0.4, -0.2) is 31.7 Å². The maximum Gasteiger partial charge on any atom is 0.226 e. The number of aryl methyl sites for hydroxylation is 1. The van der Waals surface area contributed by atoms with Gasteiger partial charge in [-0.2, -0.15) is 9.97 Å².